The number of aromatic nitrogens is 2. The lowest BCUT2D eigenvalue weighted by atomic mass is 10.2. The lowest BCUT2D eigenvalue weighted by Gasteiger charge is -2.10. The van der Waals surface area contributed by atoms with Crippen molar-refractivity contribution in [2.75, 3.05) is 12.1 Å². The first-order valence-corrected chi connectivity index (χ1v) is 7.69. The number of rotatable bonds is 3. The van der Waals surface area contributed by atoms with Crippen molar-refractivity contribution < 1.29 is 14.3 Å². The fourth-order valence-corrected chi connectivity index (χ4v) is 3.06. The highest BCUT2D eigenvalue weighted by Gasteiger charge is 2.22. The lowest BCUT2D eigenvalue weighted by molar-refractivity contribution is 0.174. The molecule has 0 saturated carbocycles. The second-order valence-electron chi connectivity index (χ2n) is 5.75. The number of fused-ring (bicyclic) bond motifs is 2. The number of aryl methyl sites for hydroxylation is 2. The van der Waals surface area contributed by atoms with Crippen LogP contribution in [0.25, 0.3) is 0 Å². The van der Waals surface area contributed by atoms with Gasteiger partial charge in [0, 0.05) is 19.2 Å². The minimum atomic E-state index is -0.236. The summed E-state index contributed by atoms with van der Waals surface area (Å²) < 4.78 is 12.3. The van der Waals surface area contributed by atoms with Gasteiger partial charge in [0.1, 0.15) is 5.82 Å². The Morgan fingerprint density at radius 2 is 2.17 bits per heavy atom. The zero-order chi connectivity index (χ0) is 15.8. The van der Waals surface area contributed by atoms with Crippen molar-refractivity contribution in [1.82, 2.24) is 15.1 Å². The number of hydrogen-bond donors (Lipinski definition) is 2. The van der Waals surface area contributed by atoms with Crippen LogP contribution < -0.4 is 20.1 Å². The highest BCUT2D eigenvalue weighted by Crippen LogP contribution is 2.32. The Bertz CT molecular complexity index is 769. The maximum atomic E-state index is 12.2. The van der Waals surface area contributed by atoms with E-state index in [9.17, 15) is 4.79 Å². The highest BCUT2D eigenvalue weighted by molar-refractivity contribution is 5.89. The van der Waals surface area contributed by atoms with Gasteiger partial charge in [-0.3, -0.25) is 10.00 Å². The van der Waals surface area contributed by atoms with Gasteiger partial charge in [0.2, 0.25) is 6.79 Å². The third-order valence-corrected chi connectivity index (χ3v) is 4.19. The predicted molar refractivity (Wildman–Crippen MR) is 83.7 cm³/mol. The third kappa shape index (κ3) is 2.58. The number of amides is 2. The zero-order valence-corrected chi connectivity index (χ0v) is 12.9. The van der Waals surface area contributed by atoms with E-state index in [1.165, 1.54) is 0 Å². The molecular formula is C16H18N4O3. The van der Waals surface area contributed by atoms with Crippen LogP contribution in [-0.2, 0) is 26.4 Å². The Kier molecular flexibility index (Phi) is 3.33. The van der Waals surface area contributed by atoms with Gasteiger partial charge >= 0.3 is 6.03 Å². The quantitative estimate of drug-likeness (QED) is 0.908. The van der Waals surface area contributed by atoms with Crippen LogP contribution in [0, 0.1) is 0 Å². The molecule has 0 spiro atoms. The summed E-state index contributed by atoms with van der Waals surface area (Å²) >= 11 is 0. The topological polar surface area (TPSA) is 77.4 Å². The number of nitrogens with zero attached hydrogens (tertiary/aromatic N) is 2. The molecule has 7 heteroatoms. The van der Waals surface area contributed by atoms with E-state index in [2.05, 4.69) is 15.7 Å². The summed E-state index contributed by atoms with van der Waals surface area (Å²) in [5, 5.41) is 10.2. The molecule has 0 bridgehead atoms. The standard InChI is InChI=1S/C16H18N4O3/c1-20-15(11-3-2-4-12(11)19-20)18-16(21)17-8-10-5-6-13-14(7-10)23-9-22-13/h5-7H,2-4,8-9H2,1H3,(H2,17,18,21). The summed E-state index contributed by atoms with van der Waals surface area (Å²) in [7, 11) is 1.85. The molecule has 23 heavy (non-hydrogen) atoms. The minimum Gasteiger partial charge on any atom is -0.454 e. The molecule has 2 heterocycles. The zero-order valence-electron chi connectivity index (χ0n) is 12.9. The molecule has 1 aromatic heterocycles. The summed E-state index contributed by atoms with van der Waals surface area (Å²) in [6, 6.07) is 5.41. The first-order valence-electron chi connectivity index (χ1n) is 7.69. The van der Waals surface area contributed by atoms with Gasteiger partial charge in [0.25, 0.3) is 0 Å². The van der Waals surface area contributed by atoms with Crippen molar-refractivity contribution >= 4 is 11.8 Å². The van der Waals surface area contributed by atoms with E-state index in [0.717, 1.165) is 47.7 Å². The molecule has 0 saturated heterocycles. The SMILES string of the molecule is Cn1nc2c(c1NC(=O)NCc1ccc3c(c1)OCO3)CCC2. The van der Waals surface area contributed by atoms with E-state index in [4.69, 9.17) is 9.47 Å². The number of carbonyl (C=O) groups excluding carboxylic acids is 1. The van der Waals surface area contributed by atoms with Crippen molar-refractivity contribution in [2.24, 2.45) is 7.05 Å². The molecule has 2 amide bonds. The van der Waals surface area contributed by atoms with Crippen molar-refractivity contribution in [1.29, 1.82) is 0 Å². The smallest absolute Gasteiger partial charge is 0.320 e. The highest BCUT2D eigenvalue weighted by atomic mass is 16.7. The fraction of sp³-hybridized carbons (Fsp3) is 0.375. The van der Waals surface area contributed by atoms with Gasteiger partial charge in [-0.05, 0) is 37.0 Å². The van der Waals surface area contributed by atoms with Crippen LogP contribution in [0.15, 0.2) is 18.2 Å². The average molecular weight is 314 g/mol. The number of nitrogens with one attached hydrogen (secondary N) is 2. The summed E-state index contributed by atoms with van der Waals surface area (Å²) in [6.07, 6.45) is 3.07. The minimum absolute atomic E-state index is 0.236. The Balaban J connectivity index is 1.39. The van der Waals surface area contributed by atoms with Crippen LogP contribution in [0.2, 0.25) is 0 Å². The second-order valence-corrected chi connectivity index (χ2v) is 5.75. The summed E-state index contributed by atoms with van der Waals surface area (Å²) in [5.41, 5.74) is 3.21. The lowest BCUT2D eigenvalue weighted by Crippen LogP contribution is -2.29. The normalized spacial score (nSPS) is 14.7. The molecule has 0 unspecified atom stereocenters. The predicted octanol–water partition coefficient (Wildman–Crippen LogP) is 1.96. The molecule has 0 fully saturated rings. The molecule has 1 aromatic carbocycles. The first-order chi connectivity index (χ1) is 11.2. The largest absolute Gasteiger partial charge is 0.454 e. The van der Waals surface area contributed by atoms with Crippen molar-refractivity contribution in [3.8, 4) is 11.5 Å². The molecule has 2 aromatic rings. The van der Waals surface area contributed by atoms with Gasteiger partial charge in [-0.2, -0.15) is 5.10 Å². The Hall–Kier alpha value is -2.70. The molecule has 7 nitrogen and oxygen atoms in total. The van der Waals surface area contributed by atoms with E-state index in [0.29, 0.717) is 12.3 Å². The maximum Gasteiger partial charge on any atom is 0.320 e. The summed E-state index contributed by atoms with van der Waals surface area (Å²) in [6.45, 7) is 0.667. The van der Waals surface area contributed by atoms with Crippen molar-refractivity contribution in [3.05, 3.63) is 35.0 Å². The first kappa shape index (κ1) is 13.9. The van der Waals surface area contributed by atoms with Crippen molar-refractivity contribution in [3.63, 3.8) is 0 Å². The van der Waals surface area contributed by atoms with Crippen LogP contribution >= 0.6 is 0 Å². The van der Waals surface area contributed by atoms with Crippen LogP contribution in [0.3, 0.4) is 0 Å². The van der Waals surface area contributed by atoms with Gasteiger partial charge in [0.05, 0.1) is 5.69 Å². The molecule has 4 rings (SSSR count). The van der Waals surface area contributed by atoms with Crippen molar-refractivity contribution in [2.45, 2.75) is 25.8 Å². The van der Waals surface area contributed by atoms with Gasteiger partial charge < -0.3 is 14.8 Å². The Labute approximate surface area is 133 Å². The molecule has 2 N–H and O–H groups in total. The molecule has 0 atom stereocenters. The number of ether oxygens (including phenoxy) is 2. The summed E-state index contributed by atoms with van der Waals surface area (Å²) in [5.74, 6) is 2.25. The Morgan fingerprint density at radius 3 is 3.09 bits per heavy atom. The number of hydrogen-bond acceptors (Lipinski definition) is 4. The van der Waals surface area contributed by atoms with Gasteiger partial charge in [0.15, 0.2) is 11.5 Å². The van der Waals surface area contributed by atoms with Crippen LogP contribution in [0.5, 0.6) is 11.5 Å². The molecule has 120 valence electrons. The number of carbonyl (C=O) groups is 1. The van der Waals surface area contributed by atoms with Crippen LogP contribution in [-0.4, -0.2) is 22.6 Å². The molecule has 0 radical (unpaired) electrons. The monoisotopic (exact) mass is 314 g/mol. The van der Waals surface area contributed by atoms with Gasteiger partial charge in [-0.25, -0.2) is 4.79 Å². The maximum absolute atomic E-state index is 12.2. The van der Waals surface area contributed by atoms with E-state index >= 15 is 0 Å². The van der Waals surface area contributed by atoms with Gasteiger partial charge in [-0.15, -0.1) is 0 Å². The molecule has 1 aliphatic carbocycles. The fourth-order valence-electron chi connectivity index (χ4n) is 3.06. The molecule has 1 aliphatic heterocycles. The number of benzene rings is 1. The average Bonchev–Trinajstić information content (AvgIpc) is 3.23. The second kappa shape index (κ2) is 5.49. The van der Waals surface area contributed by atoms with E-state index in [1.807, 2.05) is 25.2 Å². The van der Waals surface area contributed by atoms with Crippen LogP contribution in [0.4, 0.5) is 10.6 Å². The van der Waals surface area contributed by atoms with E-state index in [1.54, 1.807) is 4.68 Å². The number of urea groups is 1. The van der Waals surface area contributed by atoms with E-state index in [-0.39, 0.29) is 12.8 Å². The summed E-state index contributed by atoms with van der Waals surface area (Å²) in [4.78, 5) is 12.2. The van der Waals surface area contributed by atoms with Gasteiger partial charge in [-0.1, -0.05) is 6.07 Å². The van der Waals surface area contributed by atoms with Crippen LogP contribution in [0.1, 0.15) is 23.2 Å². The third-order valence-electron chi connectivity index (χ3n) is 4.19. The molecule has 2 aliphatic rings. The Morgan fingerprint density at radius 1 is 1.30 bits per heavy atom. The number of anilines is 1. The molecular weight excluding hydrogens is 296 g/mol. The van der Waals surface area contributed by atoms with E-state index < -0.39 is 0 Å².